The number of carbonyl (C=O) groups is 1. The molecule has 1 aromatic rings. The van der Waals surface area contributed by atoms with Crippen LogP contribution in [0.1, 0.15) is 28.8 Å². The number of benzene rings is 1. The summed E-state index contributed by atoms with van der Waals surface area (Å²) in [5.41, 5.74) is 2.84. The van der Waals surface area contributed by atoms with Crippen LogP contribution in [0.15, 0.2) is 18.2 Å². The highest BCUT2D eigenvalue weighted by atomic mass is 32.2. The number of nitrogens with one attached hydrogen (secondary N) is 1. The third kappa shape index (κ3) is 3.60. The molecule has 0 spiro atoms. The van der Waals surface area contributed by atoms with Crippen molar-refractivity contribution in [3.63, 3.8) is 0 Å². The lowest BCUT2D eigenvalue weighted by molar-refractivity contribution is 0.0827. The van der Waals surface area contributed by atoms with Gasteiger partial charge in [-0.15, -0.1) is 0 Å². The SMILES string of the molecule is Cc1ccc(C(=O)N(C)C)cc1NC1CCS(=O)CC1. The molecular formula is C15H22N2O2S. The molecule has 5 heteroatoms. The maximum absolute atomic E-state index is 12.0. The van der Waals surface area contributed by atoms with Gasteiger partial charge < -0.3 is 10.2 Å². The summed E-state index contributed by atoms with van der Waals surface area (Å²) >= 11 is 0. The van der Waals surface area contributed by atoms with Crippen LogP contribution in [0.5, 0.6) is 0 Å². The van der Waals surface area contributed by atoms with Crippen LogP contribution in [0.2, 0.25) is 0 Å². The van der Waals surface area contributed by atoms with E-state index in [1.165, 1.54) is 0 Å². The minimum Gasteiger partial charge on any atom is -0.382 e. The summed E-state index contributed by atoms with van der Waals surface area (Å²) in [7, 11) is 2.87. The van der Waals surface area contributed by atoms with E-state index in [9.17, 15) is 9.00 Å². The summed E-state index contributed by atoms with van der Waals surface area (Å²) in [6, 6.07) is 6.11. The molecule has 1 heterocycles. The molecule has 0 radical (unpaired) electrons. The van der Waals surface area contributed by atoms with Crippen LogP contribution in [0.25, 0.3) is 0 Å². The Bertz CT molecular complexity index is 519. The topological polar surface area (TPSA) is 49.4 Å². The van der Waals surface area contributed by atoms with Gasteiger partial charge in [0.1, 0.15) is 0 Å². The smallest absolute Gasteiger partial charge is 0.253 e. The molecule has 0 aromatic heterocycles. The molecule has 0 atom stereocenters. The Morgan fingerprint density at radius 1 is 1.30 bits per heavy atom. The van der Waals surface area contributed by atoms with Crippen LogP contribution in [0.3, 0.4) is 0 Å². The molecule has 1 saturated heterocycles. The van der Waals surface area contributed by atoms with Gasteiger partial charge >= 0.3 is 0 Å². The lowest BCUT2D eigenvalue weighted by Crippen LogP contribution is -2.29. The molecule has 1 amide bonds. The van der Waals surface area contributed by atoms with Gasteiger partial charge in [-0.3, -0.25) is 9.00 Å². The van der Waals surface area contributed by atoms with Gasteiger partial charge in [0.25, 0.3) is 5.91 Å². The maximum atomic E-state index is 12.0. The Kier molecular flexibility index (Phi) is 4.81. The summed E-state index contributed by atoms with van der Waals surface area (Å²) in [6.45, 7) is 2.03. The molecule has 1 aliphatic rings. The number of anilines is 1. The molecule has 0 aliphatic carbocycles. The first-order valence-corrected chi connectivity index (χ1v) is 8.40. The average Bonchev–Trinajstić information content (AvgIpc) is 2.43. The van der Waals surface area contributed by atoms with E-state index >= 15 is 0 Å². The van der Waals surface area contributed by atoms with Gasteiger partial charge in [-0.05, 0) is 37.5 Å². The van der Waals surface area contributed by atoms with E-state index in [2.05, 4.69) is 5.32 Å². The van der Waals surface area contributed by atoms with E-state index in [0.717, 1.165) is 35.6 Å². The number of amides is 1. The molecule has 1 fully saturated rings. The van der Waals surface area contributed by atoms with E-state index < -0.39 is 10.8 Å². The fraction of sp³-hybridized carbons (Fsp3) is 0.533. The Labute approximate surface area is 123 Å². The van der Waals surface area contributed by atoms with Crippen molar-refractivity contribution in [3.8, 4) is 0 Å². The Balaban J connectivity index is 2.12. The highest BCUT2D eigenvalue weighted by molar-refractivity contribution is 7.85. The van der Waals surface area contributed by atoms with E-state index in [-0.39, 0.29) is 5.91 Å². The zero-order valence-corrected chi connectivity index (χ0v) is 13.1. The van der Waals surface area contributed by atoms with Crippen molar-refractivity contribution < 1.29 is 9.00 Å². The minimum atomic E-state index is -0.643. The number of hydrogen-bond donors (Lipinski definition) is 1. The molecule has 1 N–H and O–H groups in total. The largest absolute Gasteiger partial charge is 0.382 e. The van der Waals surface area contributed by atoms with Gasteiger partial charge in [-0.1, -0.05) is 6.07 Å². The average molecular weight is 294 g/mol. The Morgan fingerprint density at radius 2 is 1.95 bits per heavy atom. The van der Waals surface area contributed by atoms with Gasteiger partial charge in [-0.25, -0.2) is 0 Å². The second-order valence-electron chi connectivity index (χ2n) is 5.50. The predicted octanol–water partition coefficient (Wildman–Crippen LogP) is 2.02. The van der Waals surface area contributed by atoms with Crippen LogP contribution in [-0.2, 0) is 10.8 Å². The summed E-state index contributed by atoms with van der Waals surface area (Å²) < 4.78 is 11.4. The monoisotopic (exact) mass is 294 g/mol. The van der Waals surface area contributed by atoms with Crippen molar-refractivity contribution in [1.82, 2.24) is 4.90 Å². The minimum absolute atomic E-state index is 0.0118. The molecule has 4 nitrogen and oxygen atoms in total. The molecule has 20 heavy (non-hydrogen) atoms. The molecule has 0 saturated carbocycles. The third-order valence-electron chi connectivity index (χ3n) is 3.64. The summed E-state index contributed by atoms with van der Waals surface area (Å²) in [6.07, 6.45) is 1.86. The first-order chi connectivity index (χ1) is 9.47. The van der Waals surface area contributed by atoms with Gasteiger partial charge in [0.2, 0.25) is 0 Å². The molecule has 110 valence electrons. The number of rotatable bonds is 3. The molecule has 1 aromatic carbocycles. The zero-order chi connectivity index (χ0) is 14.7. The number of carbonyl (C=O) groups excluding carboxylic acids is 1. The van der Waals surface area contributed by atoms with E-state index in [4.69, 9.17) is 0 Å². The van der Waals surface area contributed by atoms with Crippen molar-refractivity contribution in [1.29, 1.82) is 0 Å². The van der Waals surface area contributed by atoms with Crippen LogP contribution < -0.4 is 5.32 Å². The normalized spacial score (nSPS) is 22.4. The second-order valence-corrected chi connectivity index (χ2v) is 7.19. The highest BCUT2D eigenvalue weighted by Crippen LogP contribution is 2.22. The third-order valence-corrected chi connectivity index (χ3v) is 5.02. The van der Waals surface area contributed by atoms with Crippen LogP contribution in [0.4, 0.5) is 5.69 Å². The van der Waals surface area contributed by atoms with Crippen molar-refractivity contribution in [2.24, 2.45) is 0 Å². The van der Waals surface area contributed by atoms with Crippen molar-refractivity contribution in [2.45, 2.75) is 25.8 Å². The van der Waals surface area contributed by atoms with Crippen LogP contribution in [-0.4, -0.2) is 46.7 Å². The predicted molar refractivity (Wildman–Crippen MR) is 83.7 cm³/mol. The van der Waals surface area contributed by atoms with Gasteiger partial charge in [0, 0.05) is 53.7 Å². The highest BCUT2D eigenvalue weighted by Gasteiger charge is 2.18. The van der Waals surface area contributed by atoms with E-state index in [1.807, 2.05) is 25.1 Å². The van der Waals surface area contributed by atoms with Crippen LogP contribution in [0, 0.1) is 6.92 Å². The first kappa shape index (κ1) is 15.0. The Morgan fingerprint density at radius 3 is 2.55 bits per heavy atom. The summed E-state index contributed by atoms with van der Waals surface area (Å²) in [5, 5.41) is 3.50. The molecule has 0 bridgehead atoms. The fourth-order valence-corrected chi connectivity index (χ4v) is 3.63. The molecular weight excluding hydrogens is 272 g/mol. The molecule has 2 rings (SSSR count). The zero-order valence-electron chi connectivity index (χ0n) is 12.3. The van der Waals surface area contributed by atoms with E-state index in [1.54, 1.807) is 19.0 Å². The summed E-state index contributed by atoms with van der Waals surface area (Å²) in [4.78, 5) is 13.6. The van der Waals surface area contributed by atoms with Crippen LogP contribution >= 0.6 is 0 Å². The number of aryl methyl sites for hydroxylation is 1. The maximum Gasteiger partial charge on any atom is 0.253 e. The first-order valence-electron chi connectivity index (χ1n) is 6.91. The van der Waals surface area contributed by atoms with Crippen molar-refractivity contribution in [3.05, 3.63) is 29.3 Å². The molecule has 1 aliphatic heterocycles. The van der Waals surface area contributed by atoms with Gasteiger partial charge in [0.15, 0.2) is 0 Å². The lowest BCUT2D eigenvalue weighted by atomic mass is 10.1. The standard InChI is InChI=1S/C15H22N2O2S/c1-11-4-5-12(15(18)17(2)3)10-14(11)16-13-6-8-20(19)9-7-13/h4-5,10,13,16H,6-9H2,1-3H3. The van der Waals surface area contributed by atoms with E-state index in [0.29, 0.717) is 11.6 Å². The lowest BCUT2D eigenvalue weighted by Gasteiger charge is -2.25. The van der Waals surface area contributed by atoms with Gasteiger partial charge in [0.05, 0.1) is 0 Å². The quantitative estimate of drug-likeness (QED) is 0.928. The summed E-state index contributed by atoms with van der Waals surface area (Å²) in [5.74, 6) is 1.55. The second kappa shape index (κ2) is 6.39. The molecule has 0 unspecified atom stereocenters. The number of nitrogens with zero attached hydrogens (tertiary/aromatic N) is 1. The van der Waals surface area contributed by atoms with Crippen molar-refractivity contribution in [2.75, 3.05) is 30.9 Å². The Hall–Kier alpha value is -1.36. The van der Waals surface area contributed by atoms with Gasteiger partial charge in [-0.2, -0.15) is 0 Å². The number of hydrogen-bond acceptors (Lipinski definition) is 3. The van der Waals surface area contributed by atoms with Crippen molar-refractivity contribution >= 4 is 22.4 Å². The fourth-order valence-electron chi connectivity index (χ4n) is 2.33.